The third-order valence-corrected chi connectivity index (χ3v) is 1.43. The van der Waals surface area contributed by atoms with Gasteiger partial charge < -0.3 is 5.32 Å². The van der Waals surface area contributed by atoms with E-state index in [9.17, 15) is 0 Å². The molecule has 0 aliphatic heterocycles. The van der Waals surface area contributed by atoms with E-state index < -0.39 is 0 Å². The molecular weight excluding hydrogens is 134 g/mol. The number of likely N-dealkylation sites (N-methyl/N-ethyl adjacent to an activating group) is 1. The van der Waals surface area contributed by atoms with Crippen molar-refractivity contribution in [3.63, 3.8) is 0 Å². The average Bonchev–Trinajstić information content (AvgIpc) is 2.03. The quantitative estimate of drug-likeness (QED) is 0.456. The molecule has 0 rings (SSSR count). The van der Waals surface area contributed by atoms with Gasteiger partial charge in [-0.1, -0.05) is 44.1 Å². The Morgan fingerprint density at radius 3 is 2.55 bits per heavy atom. The molecule has 0 aliphatic carbocycles. The summed E-state index contributed by atoms with van der Waals surface area (Å²) >= 11 is 0. The van der Waals surface area contributed by atoms with Crippen LogP contribution in [0.4, 0.5) is 0 Å². The van der Waals surface area contributed by atoms with Gasteiger partial charge in [-0.25, -0.2) is 0 Å². The summed E-state index contributed by atoms with van der Waals surface area (Å²) in [5, 5.41) is 3.05. The van der Waals surface area contributed by atoms with Crippen LogP contribution in [0.3, 0.4) is 0 Å². The summed E-state index contributed by atoms with van der Waals surface area (Å²) in [6.07, 6.45) is 12.3. The van der Waals surface area contributed by atoms with E-state index in [0.29, 0.717) is 0 Å². The van der Waals surface area contributed by atoms with Crippen LogP contribution in [-0.2, 0) is 0 Å². The molecule has 11 heavy (non-hydrogen) atoms. The van der Waals surface area contributed by atoms with Crippen LogP contribution in [0, 0.1) is 0 Å². The molecular formula is C10H19N. The minimum Gasteiger partial charge on any atom is -0.316 e. The van der Waals surface area contributed by atoms with Gasteiger partial charge in [0.25, 0.3) is 0 Å². The molecule has 0 aromatic carbocycles. The fourth-order valence-electron chi connectivity index (χ4n) is 0.761. The molecule has 0 spiro atoms. The van der Waals surface area contributed by atoms with Crippen LogP contribution in [0.15, 0.2) is 24.3 Å². The molecule has 1 nitrogen and oxygen atoms in total. The number of hydrogen-bond acceptors (Lipinski definition) is 1. The second-order valence-electron chi connectivity index (χ2n) is 2.56. The zero-order valence-electron chi connectivity index (χ0n) is 7.64. The predicted octanol–water partition coefficient (Wildman–Crippen LogP) is 2.51. The molecule has 0 amide bonds. The summed E-state index contributed by atoms with van der Waals surface area (Å²) in [4.78, 5) is 0. The van der Waals surface area contributed by atoms with Gasteiger partial charge in [0, 0.05) is 6.54 Å². The third kappa shape index (κ3) is 9.44. The molecule has 0 bridgehead atoms. The lowest BCUT2D eigenvalue weighted by atomic mass is 10.2. The second-order valence-corrected chi connectivity index (χ2v) is 2.56. The topological polar surface area (TPSA) is 12.0 Å². The molecule has 0 aromatic heterocycles. The van der Waals surface area contributed by atoms with Gasteiger partial charge in [0.2, 0.25) is 0 Å². The molecule has 0 saturated heterocycles. The SMILES string of the molecule is CCCC/C=C\C=C/CNC. The zero-order valence-corrected chi connectivity index (χ0v) is 7.64. The molecule has 0 atom stereocenters. The van der Waals surface area contributed by atoms with Crippen molar-refractivity contribution in [3.05, 3.63) is 24.3 Å². The number of hydrogen-bond donors (Lipinski definition) is 1. The Labute approximate surface area is 70.2 Å². The Morgan fingerprint density at radius 1 is 1.18 bits per heavy atom. The summed E-state index contributed by atoms with van der Waals surface area (Å²) < 4.78 is 0. The zero-order chi connectivity index (χ0) is 8.36. The largest absolute Gasteiger partial charge is 0.316 e. The van der Waals surface area contributed by atoms with Crippen LogP contribution in [0.1, 0.15) is 26.2 Å². The Morgan fingerprint density at radius 2 is 1.91 bits per heavy atom. The van der Waals surface area contributed by atoms with Crippen molar-refractivity contribution < 1.29 is 0 Å². The van der Waals surface area contributed by atoms with Crippen molar-refractivity contribution in [2.24, 2.45) is 0 Å². The predicted molar refractivity (Wildman–Crippen MR) is 51.7 cm³/mol. The Balaban J connectivity index is 3.14. The van der Waals surface area contributed by atoms with Gasteiger partial charge in [-0.2, -0.15) is 0 Å². The molecule has 0 unspecified atom stereocenters. The molecule has 0 aromatic rings. The first-order valence-electron chi connectivity index (χ1n) is 4.38. The highest BCUT2D eigenvalue weighted by Gasteiger charge is 1.75. The molecule has 0 saturated carbocycles. The first kappa shape index (κ1) is 10.4. The van der Waals surface area contributed by atoms with Gasteiger partial charge in [0.1, 0.15) is 0 Å². The summed E-state index contributed by atoms with van der Waals surface area (Å²) in [6, 6.07) is 0. The van der Waals surface area contributed by atoms with Crippen molar-refractivity contribution in [2.45, 2.75) is 26.2 Å². The molecule has 1 heteroatoms. The van der Waals surface area contributed by atoms with E-state index in [1.54, 1.807) is 0 Å². The molecule has 64 valence electrons. The average molecular weight is 153 g/mol. The van der Waals surface area contributed by atoms with E-state index in [1.165, 1.54) is 19.3 Å². The van der Waals surface area contributed by atoms with Gasteiger partial charge in [-0.15, -0.1) is 0 Å². The van der Waals surface area contributed by atoms with Crippen molar-refractivity contribution >= 4 is 0 Å². The number of nitrogens with one attached hydrogen (secondary N) is 1. The fraction of sp³-hybridized carbons (Fsp3) is 0.600. The van der Waals surface area contributed by atoms with E-state index in [-0.39, 0.29) is 0 Å². The second kappa shape index (κ2) is 9.44. The lowest BCUT2D eigenvalue weighted by Gasteiger charge is -1.86. The van der Waals surface area contributed by atoms with Crippen LogP contribution in [-0.4, -0.2) is 13.6 Å². The summed E-state index contributed by atoms with van der Waals surface area (Å²) in [6.45, 7) is 3.17. The summed E-state index contributed by atoms with van der Waals surface area (Å²) in [5.41, 5.74) is 0. The van der Waals surface area contributed by atoms with Crippen molar-refractivity contribution in [2.75, 3.05) is 13.6 Å². The van der Waals surface area contributed by atoms with Crippen molar-refractivity contribution in [1.82, 2.24) is 5.32 Å². The highest BCUT2D eigenvalue weighted by Crippen LogP contribution is 1.94. The van der Waals surface area contributed by atoms with Crippen molar-refractivity contribution in [1.29, 1.82) is 0 Å². The Hall–Kier alpha value is -0.560. The van der Waals surface area contributed by atoms with E-state index in [1.807, 2.05) is 7.05 Å². The van der Waals surface area contributed by atoms with Crippen LogP contribution < -0.4 is 5.32 Å². The number of rotatable bonds is 6. The van der Waals surface area contributed by atoms with Gasteiger partial charge in [-0.05, 0) is 13.5 Å². The standard InChI is InChI=1S/C10H19N/c1-3-4-5-6-7-8-9-10-11-2/h6-9,11H,3-5,10H2,1-2H3/b7-6-,9-8-. The maximum atomic E-state index is 3.05. The Kier molecular flexibility index (Phi) is 8.96. The first-order chi connectivity index (χ1) is 5.41. The molecule has 1 N–H and O–H groups in total. The normalized spacial score (nSPS) is 11.8. The van der Waals surface area contributed by atoms with Crippen LogP contribution in [0.2, 0.25) is 0 Å². The molecule has 0 heterocycles. The van der Waals surface area contributed by atoms with Gasteiger partial charge in [0.15, 0.2) is 0 Å². The maximum Gasteiger partial charge on any atom is 0.0134 e. The summed E-state index contributed by atoms with van der Waals surface area (Å²) in [5.74, 6) is 0. The van der Waals surface area contributed by atoms with E-state index >= 15 is 0 Å². The molecule has 0 fully saturated rings. The number of unbranched alkanes of at least 4 members (excludes halogenated alkanes) is 2. The smallest absolute Gasteiger partial charge is 0.0134 e. The van der Waals surface area contributed by atoms with Crippen LogP contribution in [0.25, 0.3) is 0 Å². The monoisotopic (exact) mass is 153 g/mol. The van der Waals surface area contributed by atoms with Gasteiger partial charge in [0.05, 0.1) is 0 Å². The lowest BCUT2D eigenvalue weighted by molar-refractivity contribution is 0.815. The van der Waals surface area contributed by atoms with E-state index in [0.717, 1.165) is 6.54 Å². The minimum atomic E-state index is 0.956. The van der Waals surface area contributed by atoms with E-state index in [4.69, 9.17) is 0 Å². The van der Waals surface area contributed by atoms with Gasteiger partial charge in [-0.3, -0.25) is 0 Å². The Bertz CT molecular complexity index is 114. The van der Waals surface area contributed by atoms with Crippen LogP contribution in [0.5, 0.6) is 0 Å². The summed E-state index contributed by atoms with van der Waals surface area (Å²) in [7, 11) is 1.95. The fourth-order valence-corrected chi connectivity index (χ4v) is 0.761. The van der Waals surface area contributed by atoms with Crippen LogP contribution >= 0.6 is 0 Å². The van der Waals surface area contributed by atoms with Gasteiger partial charge >= 0.3 is 0 Å². The highest BCUT2D eigenvalue weighted by atomic mass is 14.8. The molecule has 0 aliphatic rings. The van der Waals surface area contributed by atoms with E-state index in [2.05, 4.69) is 36.5 Å². The first-order valence-corrected chi connectivity index (χ1v) is 4.38. The third-order valence-electron chi connectivity index (χ3n) is 1.43. The highest BCUT2D eigenvalue weighted by molar-refractivity contribution is 5.02. The van der Waals surface area contributed by atoms with Crippen molar-refractivity contribution in [3.8, 4) is 0 Å². The lowest BCUT2D eigenvalue weighted by Crippen LogP contribution is -2.03. The number of allylic oxidation sites excluding steroid dienone is 3. The molecule has 0 radical (unpaired) electrons. The maximum absolute atomic E-state index is 3.05. The minimum absolute atomic E-state index is 0.956.